The topological polar surface area (TPSA) is 76.0 Å². The van der Waals surface area contributed by atoms with Gasteiger partial charge in [0.1, 0.15) is 5.82 Å². The van der Waals surface area contributed by atoms with E-state index in [2.05, 4.69) is 4.98 Å². The van der Waals surface area contributed by atoms with Gasteiger partial charge in [-0.3, -0.25) is 9.59 Å². The Labute approximate surface area is 102 Å². The van der Waals surface area contributed by atoms with Crippen molar-refractivity contribution in [1.82, 2.24) is 4.98 Å². The van der Waals surface area contributed by atoms with E-state index >= 15 is 0 Å². The molecule has 4 nitrogen and oxygen atoms in total. The number of aromatic nitrogens is 1. The van der Waals surface area contributed by atoms with Crippen LogP contribution in [-0.4, -0.2) is 10.9 Å². The molecule has 0 saturated heterocycles. The van der Waals surface area contributed by atoms with Crippen molar-refractivity contribution in [2.75, 3.05) is 0 Å². The van der Waals surface area contributed by atoms with Gasteiger partial charge >= 0.3 is 0 Å². The molecule has 1 aliphatic rings. The molecule has 2 aromatic rings. The SMILES string of the molecule is NC(=O)C1CCc2c1[nH]c1cccc(F)c1c2=O. The van der Waals surface area contributed by atoms with Crippen LogP contribution in [0, 0.1) is 5.82 Å². The van der Waals surface area contributed by atoms with Crippen LogP contribution in [0.5, 0.6) is 0 Å². The zero-order valence-electron chi connectivity index (χ0n) is 9.50. The number of carbonyl (C=O) groups excluding carboxylic acids is 1. The highest BCUT2D eigenvalue weighted by Gasteiger charge is 2.30. The summed E-state index contributed by atoms with van der Waals surface area (Å²) in [7, 11) is 0. The molecule has 1 heterocycles. The second-order valence-electron chi connectivity index (χ2n) is 4.50. The second kappa shape index (κ2) is 3.66. The first-order valence-electron chi connectivity index (χ1n) is 5.72. The quantitative estimate of drug-likeness (QED) is 0.792. The summed E-state index contributed by atoms with van der Waals surface area (Å²) in [5.41, 5.74) is 6.41. The van der Waals surface area contributed by atoms with E-state index in [-0.39, 0.29) is 10.8 Å². The Bertz CT molecular complexity index is 721. The van der Waals surface area contributed by atoms with Gasteiger partial charge in [-0.25, -0.2) is 4.39 Å². The molecule has 1 aliphatic carbocycles. The molecule has 1 amide bonds. The van der Waals surface area contributed by atoms with E-state index in [0.29, 0.717) is 29.6 Å². The Hall–Kier alpha value is -2.17. The van der Waals surface area contributed by atoms with Crippen LogP contribution in [0.3, 0.4) is 0 Å². The first kappa shape index (κ1) is 11.0. The van der Waals surface area contributed by atoms with Crippen LogP contribution in [0.1, 0.15) is 23.6 Å². The van der Waals surface area contributed by atoms with Gasteiger partial charge < -0.3 is 10.7 Å². The van der Waals surface area contributed by atoms with Crippen LogP contribution in [0.2, 0.25) is 0 Å². The van der Waals surface area contributed by atoms with Gasteiger partial charge in [-0.2, -0.15) is 0 Å². The fourth-order valence-corrected chi connectivity index (χ4v) is 2.62. The Balaban J connectivity index is 2.38. The highest BCUT2D eigenvalue weighted by atomic mass is 19.1. The molecule has 18 heavy (non-hydrogen) atoms. The average Bonchev–Trinajstić information content (AvgIpc) is 2.73. The Morgan fingerprint density at radius 1 is 1.44 bits per heavy atom. The van der Waals surface area contributed by atoms with Crippen molar-refractivity contribution in [2.24, 2.45) is 5.73 Å². The lowest BCUT2D eigenvalue weighted by Crippen LogP contribution is -2.21. The lowest BCUT2D eigenvalue weighted by Gasteiger charge is -2.08. The minimum absolute atomic E-state index is 0.0568. The smallest absolute Gasteiger partial charge is 0.226 e. The molecular formula is C13H11FN2O2. The van der Waals surface area contributed by atoms with E-state index in [1.807, 2.05) is 0 Å². The number of amides is 1. The van der Waals surface area contributed by atoms with Gasteiger partial charge in [-0.1, -0.05) is 6.07 Å². The molecule has 3 N–H and O–H groups in total. The van der Waals surface area contributed by atoms with Crippen molar-refractivity contribution in [1.29, 1.82) is 0 Å². The molecule has 1 unspecified atom stereocenters. The lowest BCUT2D eigenvalue weighted by atomic mass is 10.0. The highest BCUT2D eigenvalue weighted by molar-refractivity contribution is 5.86. The van der Waals surface area contributed by atoms with Gasteiger partial charge in [-0.05, 0) is 25.0 Å². The highest BCUT2D eigenvalue weighted by Crippen LogP contribution is 2.31. The van der Waals surface area contributed by atoms with E-state index in [4.69, 9.17) is 5.73 Å². The zero-order valence-corrected chi connectivity index (χ0v) is 9.50. The minimum Gasteiger partial charge on any atom is -0.369 e. The third-order valence-corrected chi connectivity index (χ3v) is 3.48. The average molecular weight is 246 g/mol. The van der Waals surface area contributed by atoms with Gasteiger partial charge in [-0.15, -0.1) is 0 Å². The minimum atomic E-state index is -0.543. The second-order valence-corrected chi connectivity index (χ2v) is 4.50. The van der Waals surface area contributed by atoms with Gasteiger partial charge in [0.2, 0.25) is 5.91 Å². The van der Waals surface area contributed by atoms with Crippen LogP contribution in [0.25, 0.3) is 10.9 Å². The van der Waals surface area contributed by atoms with E-state index in [9.17, 15) is 14.0 Å². The Kier molecular flexibility index (Phi) is 2.23. The fraction of sp³-hybridized carbons (Fsp3) is 0.231. The molecule has 1 atom stereocenters. The number of hydrogen-bond donors (Lipinski definition) is 2. The number of halogens is 1. The number of hydrogen-bond acceptors (Lipinski definition) is 2. The predicted octanol–water partition coefficient (Wildman–Crippen LogP) is 1.18. The van der Waals surface area contributed by atoms with Crippen LogP contribution in [0.15, 0.2) is 23.0 Å². The Morgan fingerprint density at radius 3 is 2.94 bits per heavy atom. The monoisotopic (exact) mass is 246 g/mol. The number of carbonyl (C=O) groups is 1. The van der Waals surface area contributed by atoms with Crippen molar-refractivity contribution in [3.05, 3.63) is 45.5 Å². The van der Waals surface area contributed by atoms with Gasteiger partial charge in [0, 0.05) is 11.3 Å². The van der Waals surface area contributed by atoms with Crippen molar-refractivity contribution in [2.45, 2.75) is 18.8 Å². The number of H-pyrrole nitrogens is 1. The summed E-state index contributed by atoms with van der Waals surface area (Å²) in [6, 6.07) is 4.40. The molecule has 0 bridgehead atoms. The van der Waals surface area contributed by atoms with Crippen molar-refractivity contribution in [3.8, 4) is 0 Å². The number of nitrogens with one attached hydrogen (secondary N) is 1. The molecule has 5 heteroatoms. The van der Waals surface area contributed by atoms with Gasteiger partial charge in [0.15, 0.2) is 5.43 Å². The number of primary amides is 1. The molecular weight excluding hydrogens is 235 g/mol. The van der Waals surface area contributed by atoms with E-state index in [1.54, 1.807) is 6.07 Å². The molecule has 1 aromatic carbocycles. The van der Waals surface area contributed by atoms with Crippen LogP contribution < -0.4 is 11.2 Å². The summed E-state index contributed by atoms with van der Waals surface area (Å²) in [6.07, 6.45) is 0.969. The molecule has 0 spiro atoms. The summed E-state index contributed by atoms with van der Waals surface area (Å²) in [6.45, 7) is 0. The standard InChI is InChI=1S/C13H11FN2O2/c14-8-2-1-3-9-10(8)12(17)6-4-5-7(13(15)18)11(6)16-9/h1-3,7H,4-5H2,(H2,15,18)(H,16,17). The first-order valence-corrected chi connectivity index (χ1v) is 5.72. The maximum absolute atomic E-state index is 13.7. The largest absolute Gasteiger partial charge is 0.369 e. The van der Waals surface area contributed by atoms with Crippen LogP contribution in [0.4, 0.5) is 4.39 Å². The summed E-state index contributed by atoms with van der Waals surface area (Å²) >= 11 is 0. The number of nitrogens with two attached hydrogens (primary N) is 1. The molecule has 0 aliphatic heterocycles. The molecule has 0 radical (unpaired) electrons. The third-order valence-electron chi connectivity index (χ3n) is 3.48. The number of benzene rings is 1. The van der Waals surface area contributed by atoms with E-state index < -0.39 is 17.6 Å². The number of rotatable bonds is 1. The maximum atomic E-state index is 13.7. The number of fused-ring (bicyclic) bond motifs is 2. The van der Waals surface area contributed by atoms with Crippen LogP contribution >= 0.6 is 0 Å². The predicted molar refractivity (Wildman–Crippen MR) is 64.8 cm³/mol. The molecule has 0 fully saturated rings. The van der Waals surface area contributed by atoms with E-state index in [1.165, 1.54) is 12.1 Å². The fourth-order valence-electron chi connectivity index (χ4n) is 2.62. The molecule has 0 saturated carbocycles. The Morgan fingerprint density at radius 2 is 2.22 bits per heavy atom. The van der Waals surface area contributed by atoms with Crippen molar-refractivity contribution in [3.63, 3.8) is 0 Å². The molecule has 1 aromatic heterocycles. The van der Waals surface area contributed by atoms with Gasteiger partial charge in [0.25, 0.3) is 0 Å². The summed E-state index contributed by atoms with van der Waals surface area (Å²) in [5.74, 6) is -1.47. The van der Waals surface area contributed by atoms with E-state index in [0.717, 1.165) is 0 Å². The molecule has 3 rings (SSSR count). The van der Waals surface area contributed by atoms with Crippen molar-refractivity contribution >= 4 is 16.8 Å². The first-order chi connectivity index (χ1) is 8.59. The number of aromatic amines is 1. The van der Waals surface area contributed by atoms with Crippen LogP contribution in [-0.2, 0) is 11.2 Å². The summed E-state index contributed by atoms with van der Waals surface area (Å²) in [5, 5.41) is 0.0568. The van der Waals surface area contributed by atoms with Crippen molar-refractivity contribution < 1.29 is 9.18 Å². The maximum Gasteiger partial charge on any atom is 0.226 e. The summed E-state index contributed by atoms with van der Waals surface area (Å²) in [4.78, 5) is 26.5. The number of pyridine rings is 1. The lowest BCUT2D eigenvalue weighted by molar-refractivity contribution is -0.119. The zero-order chi connectivity index (χ0) is 12.9. The molecule has 92 valence electrons. The van der Waals surface area contributed by atoms with Gasteiger partial charge in [0.05, 0.1) is 16.8 Å². The normalized spacial score (nSPS) is 17.9. The summed E-state index contributed by atoms with van der Waals surface area (Å²) < 4.78 is 13.7. The third kappa shape index (κ3) is 1.37.